The van der Waals surface area contributed by atoms with Crippen molar-refractivity contribution in [3.05, 3.63) is 5.82 Å². The molecule has 1 atom stereocenters. The summed E-state index contributed by atoms with van der Waals surface area (Å²) in [5, 5.41) is 12.6. The molecule has 0 saturated heterocycles. The summed E-state index contributed by atoms with van der Waals surface area (Å²) in [5.74, 6) is 0.149. The number of hydrogen-bond donors (Lipinski definition) is 2. The number of aryl methyl sites for hydroxylation is 1. The second-order valence-electron chi connectivity index (χ2n) is 4.10. The van der Waals surface area contributed by atoms with Crippen LogP contribution >= 0.6 is 11.5 Å². The quantitative estimate of drug-likeness (QED) is 0.748. The van der Waals surface area contributed by atoms with Crippen LogP contribution in [0.1, 0.15) is 45.4 Å². The first-order valence-electron chi connectivity index (χ1n) is 5.92. The minimum absolute atomic E-state index is 0.225. The van der Waals surface area contributed by atoms with E-state index in [0.717, 1.165) is 30.2 Å². The molecule has 1 aromatic rings. The van der Waals surface area contributed by atoms with Crippen LogP contribution in [0.5, 0.6) is 0 Å². The summed E-state index contributed by atoms with van der Waals surface area (Å²) in [7, 11) is 0. The number of carboxylic acids is 1. The average molecular weight is 257 g/mol. The molecule has 0 aliphatic heterocycles. The first-order chi connectivity index (χ1) is 8.11. The standard InChI is InChI=1S/C11H19N3O2S/c1-3-5-9-13-11(17-14-9)12-8(2)6-4-7-10(15)16/h8H,3-7H2,1-2H3,(H,15,16)(H,12,13,14). The van der Waals surface area contributed by atoms with Crippen molar-refractivity contribution in [2.75, 3.05) is 5.32 Å². The minimum atomic E-state index is -0.738. The molecule has 0 aliphatic rings. The number of nitrogens with zero attached hydrogens (tertiary/aromatic N) is 2. The summed E-state index contributed by atoms with van der Waals surface area (Å²) in [6.45, 7) is 4.13. The Hall–Kier alpha value is -1.17. The Balaban J connectivity index is 2.29. The van der Waals surface area contributed by atoms with E-state index in [1.165, 1.54) is 11.5 Å². The molecule has 0 aromatic carbocycles. The van der Waals surface area contributed by atoms with Gasteiger partial charge in [0.2, 0.25) is 5.13 Å². The molecule has 17 heavy (non-hydrogen) atoms. The number of carbonyl (C=O) groups is 1. The van der Waals surface area contributed by atoms with Gasteiger partial charge in [-0.3, -0.25) is 4.79 Å². The lowest BCUT2D eigenvalue weighted by Gasteiger charge is -2.11. The number of carboxylic acid groups (broad SMARTS) is 1. The van der Waals surface area contributed by atoms with Crippen LogP contribution in [0.3, 0.4) is 0 Å². The smallest absolute Gasteiger partial charge is 0.303 e. The Morgan fingerprint density at radius 2 is 2.35 bits per heavy atom. The van der Waals surface area contributed by atoms with Gasteiger partial charge in [0, 0.05) is 30.4 Å². The van der Waals surface area contributed by atoms with E-state index in [-0.39, 0.29) is 12.5 Å². The maximum Gasteiger partial charge on any atom is 0.303 e. The van der Waals surface area contributed by atoms with Gasteiger partial charge in [-0.25, -0.2) is 4.98 Å². The van der Waals surface area contributed by atoms with Crippen LogP contribution in [-0.4, -0.2) is 26.5 Å². The van der Waals surface area contributed by atoms with E-state index >= 15 is 0 Å². The molecule has 6 heteroatoms. The topological polar surface area (TPSA) is 75.1 Å². The van der Waals surface area contributed by atoms with Gasteiger partial charge in [0.25, 0.3) is 0 Å². The molecule has 1 rings (SSSR count). The predicted molar refractivity (Wildman–Crippen MR) is 68.5 cm³/mol. The van der Waals surface area contributed by atoms with Gasteiger partial charge in [-0.05, 0) is 26.2 Å². The Kier molecular flexibility index (Phi) is 5.90. The van der Waals surface area contributed by atoms with Gasteiger partial charge in [-0.15, -0.1) is 0 Å². The van der Waals surface area contributed by atoms with Crippen LogP contribution in [0.15, 0.2) is 0 Å². The second kappa shape index (κ2) is 7.21. The molecule has 2 N–H and O–H groups in total. The van der Waals surface area contributed by atoms with E-state index in [1.54, 1.807) is 0 Å². The molecule has 0 radical (unpaired) electrons. The van der Waals surface area contributed by atoms with Crippen molar-refractivity contribution in [1.29, 1.82) is 0 Å². The Morgan fingerprint density at radius 3 is 3.00 bits per heavy atom. The monoisotopic (exact) mass is 257 g/mol. The van der Waals surface area contributed by atoms with Crippen LogP contribution in [0.2, 0.25) is 0 Å². The number of rotatable bonds is 8. The van der Waals surface area contributed by atoms with Crippen LogP contribution in [-0.2, 0) is 11.2 Å². The van der Waals surface area contributed by atoms with E-state index in [0.29, 0.717) is 6.42 Å². The third-order valence-electron chi connectivity index (χ3n) is 2.34. The van der Waals surface area contributed by atoms with Gasteiger partial charge < -0.3 is 10.4 Å². The van der Waals surface area contributed by atoms with Gasteiger partial charge >= 0.3 is 5.97 Å². The van der Waals surface area contributed by atoms with Crippen LogP contribution in [0.25, 0.3) is 0 Å². The number of hydrogen-bond acceptors (Lipinski definition) is 5. The first kappa shape index (κ1) is 13.9. The molecule has 96 valence electrons. The van der Waals surface area contributed by atoms with E-state index in [4.69, 9.17) is 5.11 Å². The Labute approximate surface area is 105 Å². The molecule has 0 amide bonds. The SMILES string of the molecule is CCCc1nsc(NC(C)CCCC(=O)O)n1. The Morgan fingerprint density at radius 1 is 1.59 bits per heavy atom. The van der Waals surface area contributed by atoms with E-state index in [1.807, 2.05) is 6.92 Å². The normalized spacial score (nSPS) is 12.4. The van der Waals surface area contributed by atoms with Crippen LogP contribution in [0, 0.1) is 0 Å². The predicted octanol–water partition coefficient (Wildman–Crippen LogP) is 2.55. The summed E-state index contributed by atoms with van der Waals surface area (Å²) in [6.07, 6.45) is 3.69. The molecule has 0 spiro atoms. The van der Waals surface area contributed by atoms with Crippen molar-refractivity contribution < 1.29 is 9.90 Å². The van der Waals surface area contributed by atoms with E-state index in [2.05, 4.69) is 21.6 Å². The van der Waals surface area contributed by atoms with Crippen LogP contribution in [0.4, 0.5) is 5.13 Å². The summed E-state index contributed by atoms with van der Waals surface area (Å²) in [6, 6.07) is 0.233. The zero-order chi connectivity index (χ0) is 12.7. The average Bonchev–Trinajstić information content (AvgIpc) is 2.65. The summed E-state index contributed by atoms with van der Waals surface area (Å²) in [4.78, 5) is 14.7. The summed E-state index contributed by atoms with van der Waals surface area (Å²) in [5.41, 5.74) is 0. The van der Waals surface area contributed by atoms with Gasteiger partial charge in [0.1, 0.15) is 5.82 Å². The highest BCUT2D eigenvalue weighted by Crippen LogP contribution is 2.15. The molecule has 0 saturated carbocycles. The second-order valence-corrected chi connectivity index (χ2v) is 4.85. The fourth-order valence-electron chi connectivity index (χ4n) is 1.48. The molecule has 0 bridgehead atoms. The number of aromatic nitrogens is 2. The van der Waals surface area contributed by atoms with Gasteiger partial charge in [-0.1, -0.05) is 6.92 Å². The lowest BCUT2D eigenvalue weighted by atomic mass is 10.1. The van der Waals surface area contributed by atoms with Crippen molar-refractivity contribution in [3.8, 4) is 0 Å². The fraction of sp³-hybridized carbons (Fsp3) is 0.727. The minimum Gasteiger partial charge on any atom is -0.481 e. The van der Waals surface area contributed by atoms with Gasteiger partial charge in [0.15, 0.2) is 0 Å². The van der Waals surface area contributed by atoms with Crippen molar-refractivity contribution in [2.24, 2.45) is 0 Å². The zero-order valence-corrected chi connectivity index (χ0v) is 11.1. The lowest BCUT2D eigenvalue weighted by molar-refractivity contribution is -0.137. The van der Waals surface area contributed by atoms with Gasteiger partial charge in [0.05, 0.1) is 0 Å². The maximum atomic E-state index is 10.4. The zero-order valence-electron chi connectivity index (χ0n) is 10.3. The highest BCUT2D eigenvalue weighted by molar-refractivity contribution is 7.09. The molecule has 1 unspecified atom stereocenters. The summed E-state index contributed by atoms with van der Waals surface area (Å²) >= 11 is 1.37. The van der Waals surface area contributed by atoms with Gasteiger partial charge in [-0.2, -0.15) is 4.37 Å². The third kappa shape index (κ3) is 5.63. The molecule has 0 fully saturated rings. The lowest BCUT2D eigenvalue weighted by Crippen LogP contribution is -2.15. The van der Waals surface area contributed by atoms with Crippen molar-refractivity contribution in [2.45, 2.75) is 52.0 Å². The van der Waals surface area contributed by atoms with Crippen molar-refractivity contribution in [1.82, 2.24) is 9.36 Å². The van der Waals surface area contributed by atoms with Crippen LogP contribution < -0.4 is 5.32 Å². The number of aliphatic carboxylic acids is 1. The maximum absolute atomic E-state index is 10.4. The Bertz CT molecular complexity index is 354. The number of nitrogens with one attached hydrogen (secondary N) is 1. The first-order valence-corrected chi connectivity index (χ1v) is 6.70. The number of anilines is 1. The molecular formula is C11H19N3O2S. The fourth-order valence-corrected chi connectivity index (χ4v) is 2.20. The molecular weight excluding hydrogens is 238 g/mol. The summed E-state index contributed by atoms with van der Waals surface area (Å²) < 4.78 is 4.24. The molecule has 5 nitrogen and oxygen atoms in total. The highest BCUT2D eigenvalue weighted by Gasteiger charge is 2.07. The largest absolute Gasteiger partial charge is 0.481 e. The van der Waals surface area contributed by atoms with E-state index in [9.17, 15) is 4.79 Å². The molecule has 1 aromatic heterocycles. The third-order valence-corrected chi connectivity index (χ3v) is 3.02. The van der Waals surface area contributed by atoms with Crippen molar-refractivity contribution in [3.63, 3.8) is 0 Å². The molecule has 0 aliphatic carbocycles. The van der Waals surface area contributed by atoms with E-state index < -0.39 is 5.97 Å². The molecule has 1 heterocycles. The van der Waals surface area contributed by atoms with Crippen molar-refractivity contribution >= 4 is 22.6 Å². The highest BCUT2D eigenvalue weighted by atomic mass is 32.1.